The van der Waals surface area contributed by atoms with E-state index in [-0.39, 0.29) is 11.8 Å². The number of hydrogen-bond donors (Lipinski definition) is 3. The molecule has 4 heteroatoms. The van der Waals surface area contributed by atoms with E-state index < -0.39 is 0 Å². The van der Waals surface area contributed by atoms with Gasteiger partial charge >= 0.3 is 0 Å². The Labute approximate surface area is 86.4 Å². The fraction of sp³-hybridized carbons (Fsp3) is 0.900. The van der Waals surface area contributed by atoms with Crippen LogP contribution in [0.2, 0.25) is 0 Å². The fourth-order valence-corrected chi connectivity index (χ4v) is 1.34. The molecule has 1 amide bonds. The molecule has 14 heavy (non-hydrogen) atoms. The van der Waals surface area contributed by atoms with Crippen molar-refractivity contribution in [2.45, 2.75) is 26.7 Å². The molecular weight excluding hydrogens is 178 g/mol. The molecular formula is C10H23N3O. The minimum absolute atomic E-state index is 0.0484. The van der Waals surface area contributed by atoms with Crippen molar-refractivity contribution in [3.05, 3.63) is 0 Å². The summed E-state index contributed by atoms with van der Waals surface area (Å²) in [6.45, 7) is 5.87. The van der Waals surface area contributed by atoms with Gasteiger partial charge in [-0.15, -0.1) is 0 Å². The van der Waals surface area contributed by atoms with Crippen LogP contribution in [0.4, 0.5) is 0 Å². The van der Waals surface area contributed by atoms with Gasteiger partial charge in [0.15, 0.2) is 0 Å². The smallest absolute Gasteiger partial charge is 0.224 e. The second-order valence-electron chi connectivity index (χ2n) is 4.00. The van der Waals surface area contributed by atoms with Crippen molar-refractivity contribution in [2.75, 3.05) is 19.6 Å². The van der Waals surface area contributed by atoms with Crippen LogP contribution < -0.4 is 16.8 Å². The Morgan fingerprint density at radius 2 is 2.00 bits per heavy atom. The molecule has 0 saturated heterocycles. The van der Waals surface area contributed by atoms with E-state index in [9.17, 15) is 4.79 Å². The van der Waals surface area contributed by atoms with Gasteiger partial charge in [0.1, 0.15) is 0 Å². The largest absolute Gasteiger partial charge is 0.356 e. The third kappa shape index (κ3) is 5.94. The summed E-state index contributed by atoms with van der Waals surface area (Å²) in [4.78, 5) is 11.6. The van der Waals surface area contributed by atoms with E-state index in [0.717, 1.165) is 12.8 Å². The first kappa shape index (κ1) is 13.4. The van der Waals surface area contributed by atoms with Gasteiger partial charge in [0.25, 0.3) is 0 Å². The Kier molecular flexibility index (Phi) is 7.42. The zero-order valence-electron chi connectivity index (χ0n) is 9.25. The molecule has 0 aromatic carbocycles. The number of carbonyl (C=O) groups excluding carboxylic acids is 1. The van der Waals surface area contributed by atoms with E-state index in [0.29, 0.717) is 25.6 Å². The van der Waals surface area contributed by atoms with Crippen LogP contribution in [0, 0.1) is 11.8 Å². The molecule has 4 nitrogen and oxygen atoms in total. The summed E-state index contributed by atoms with van der Waals surface area (Å²) in [6, 6.07) is 0. The topological polar surface area (TPSA) is 81.1 Å². The summed E-state index contributed by atoms with van der Waals surface area (Å²) in [7, 11) is 0. The number of carbonyl (C=O) groups is 1. The summed E-state index contributed by atoms with van der Waals surface area (Å²) in [5.41, 5.74) is 10.9. The quantitative estimate of drug-likeness (QED) is 0.510. The van der Waals surface area contributed by atoms with Crippen LogP contribution in [0.3, 0.4) is 0 Å². The first-order chi connectivity index (χ1) is 6.61. The molecule has 0 spiro atoms. The summed E-state index contributed by atoms with van der Waals surface area (Å²) < 4.78 is 0. The second-order valence-corrected chi connectivity index (χ2v) is 4.00. The number of nitrogens with one attached hydrogen (secondary N) is 1. The molecule has 0 saturated carbocycles. The van der Waals surface area contributed by atoms with E-state index in [1.165, 1.54) is 0 Å². The molecule has 0 aromatic heterocycles. The molecule has 0 fully saturated rings. The van der Waals surface area contributed by atoms with Crippen molar-refractivity contribution in [3.63, 3.8) is 0 Å². The van der Waals surface area contributed by atoms with E-state index in [1.54, 1.807) is 0 Å². The lowest BCUT2D eigenvalue weighted by Gasteiger charge is -2.16. The molecule has 1 atom stereocenters. The number of hydrogen-bond acceptors (Lipinski definition) is 3. The van der Waals surface area contributed by atoms with Gasteiger partial charge in [-0.1, -0.05) is 13.8 Å². The highest BCUT2D eigenvalue weighted by Gasteiger charge is 2.17. The first-order valence-corrected chi connectivity index (χ1v) is 5.29. The molecule has 5 N–H and O–H groups in total. The molecule has 0 aliphatic heterocycles. The van der Waals surface area contributed by atoms with Crippen molar-refractivity contribution >= 4 is 5.91 Å². The lowest BCUT2D eigenvalue weighted by Crippen LogP contribution is -2.36. The number of nitrogens with two attached hydrogens (primary N) is 2. The Morgan fingerprint density at radius 1 is 1.36 bits per heavy atom. The standard InChI is InChI=1S/C10H23N3O/c1-8(2)6-9(7-12)10(14)13-5-3-4-11/h8-9H,3-7,11-12H2,1-2H3,(H,13,14). The molecule has 0 aliphatic rings. The summed E-state index contributed by atoms with van der Waals surface area (Å²) in [6.07, 6.45) is 1.68. The van der Waals surface area contributed by atoms with Crippen molar-refractivity contribution in [2.24, 2.45) is 23.3 Å². The van der Waals surface area contributed by atoms with E-state index in [2.05, 4.69) is 19.2 Å². The van der Waals surface area contributed by atoms with E-state index >= 15 is 0 Å². The van der Waals surface area contributed by atoms with Crippen molar-refractivity contribution in [1.29, 1.82) is 0 Å². The van der Waals surface area contributed by atoms with E-state index in [1.807, 2.05) is 0 Å². The van der Waals surface area contributed by atoms with Gasteiger partial charge in [0.05, 0.1) is 5.92 Å². The second kappa shape index (κ2) is 7.76. The highest BCUT2D eigenvalue weighted by atomic mass is 16.1. The van der Waals surface area contributed by atoms with Gasteiger partial charge in [0, 0.05) is 13.1 Å². The van der Waals surface area contributed by atoms with Gasteiger partial charge < -0.3 is 16.8 Å². The van der Waals surface area contributed by atoms with Gasteiger partial charge in [0.2, 0.25) is 5.91 Å². The van der Waals surface area contributed by atoms with Crippen molar-refractivity contribution in [3.8, 4) is 0 Å². The Bertz CT molecular complexity index is 159. The normalized spacial score (nSPS) is 12.9. The third-order valence-electron chi connectivity index (χ3n) is 2.09. The number of amides is 1. The highest BCUT2D eigenvalue weighted by Crippen LogP contribution is 2.10. The molecule has 84 valence electrons. The van der Waals surface area contributed by atoms with Crippen LogP contribution in [-0.2, 0) is 4.79 Å². The average Bonchev–Trinajstić information content (AvgIpc) is 2.14. The van der Waals surface area contributed by atoms with Crippen LogP contribution in [-0.4, -0.2) is 25.5 Å². The van der Waals surface area contributed by atoms with E-state index in [4.69, 9.17) is 11.5 Å². The monoisotopic (exact) mass is 201 g/mol. The third-order valence-corrected chi connectivity index (χ3v) is 2.09. The van der Waals surface area contributed by atoms with Crippen LogP contribution in [0.1, 0.15) is 26.7 Å². The van der Waals surface area contributed by atoms with Crippen LogP contribution in [0.15, 0.2) is 0 Å². The van der Waals surface area contributed by atoms with Crippen LogP contribution in [0.25, 0.3) is 0 Å². The van der Waals surface area contributed by atoms with Gasteiger partial charge in [-0.2, -0.15) is 0 Å². The molecule has 0 aliphatic carbocycles. The number of rotatable bonds is 7. The first-order valence-electron chi connectivity index (χ1n) is 5.29. The van der Waals surface area contributed by atoms with Crippen LogP contribution >= 0.6 is 0 Å². The summed E-state index contributed by atoms with van der Waals surface area (Å²) >= 11 is 0. The molecule has 0 aromatic rings. The molecule has 0 heterocycles. The maximum absolute atomic E-state index is 11.6. The Balaban J connectivity index is 3.79. The molecule has 0 bridgehead atoms. The predicted molar refractivity (Wildman–Crippen MR) is 58.7 cm³/mol. The minimum Gasteiger partial charge on any atom is -0.356 e. The van der Waals surface area contributed by atoms with Crippen LogP contribution in [0.5, 0.6) is 0 Å². The zero-order chi connectivity index (χ0) is 11.0. The van der Waals surface area contributed by atoms with Crippen molar-refractivity contribution in [1.82, 2.24) is 5.32 Å². The zero-order valence-corrected chi connectivity index (χ0v) is 9.25. The Morgan fingerprint density at radius 3 is 2.43 bits per heavy atom. The lowest BCUT2D eigenvalue weighted by molar-refractivity contribution is -0.125. The van der Waals surface area contributed by atoms with Crippen molar-refractivity contribution < 1.29 is 4.79 Å². The molecule has 0 rings (SSSR count). The van der Waals surface area contributed by atoms with Gasteiger partial charge in [-0.05, 0) is 25.3 Å². The maximum Gasteiger partial charge on any atom is 0.224 e. The molecule has 0 radical (unpaired) electrons. The van der Waals surface area contributed by atoms with Gasteiger partial charge in [-0.25, -0.2) is 0 Å². The lowest BCUT2D eigenvalue weighted by atomic mass is 9.96. The molecule has 1 unspecified atom stereocenters. The average molecular weight is 201 g/mol. The Hall–Kier alpha value is -0.610. The predicted octanol–water partition coefficient (Wildman–Crippen LogP) is 0.0724. The minimum atomic E-state index is -0.0484. The highest BCUT2D eigenvalue weighted by molar-refractivity contribution is 5.78. The van der Waals surface area contributed by atoms with Gasteiger partial charge in [-0.3, -0.25) is 4.79 Å². The fourth-order valence-electron chi connectivity index (χ4n) is 1.34. The maximum atomic E-state index is 11.6. The summed E-state index contributed by atoms with van der Waals surface area (Å²) in [5, 5.41) is 2.84. The summed E-state index contributed by atoms with van der Waals surface area (Å²) in [5.74, 6) is 0.520. The SMILES string of the molecule is CC(C)CC(CN)C(=O)NCCCN.